The van der Waals surface area contributed by atoms with E-state index in [1.807, 2.05) is 36.4 Å². The van der Waals surface area contributed by atoms with E-state index in [1.54, 1.807) is 0 Å². The average molecular weight is 325 g/mol. The third-order valence-electron chi connectivity index (χ3n) is 4.57. The highest BCUT2D eigenvalue weighted by atomic mass is 16.5. The second-order valence-electron chi connectivity index (χ2n) is 6.16. The second-order valence-corrected chi connectivity index (χ2v) is 6.16. The summed E-state index contributed by atoms with van der Waals surface area (Å²) in [5.74, 6) is 0.0489. The van der Waals surface area contributed by atoms with E-state index in [1.165, 1.54) is 0 Å². The van der Waals surface area contributed by atoms with Crippen LogP contribution >= 0.6 is 0 Å². The van der Waals surface area contributed by atoms with Crippen LogP contribution in [0.2, 0.25) is 0 Å². The van der Waals surface area contributed by atoms with Crippen molar-refractivity contribution in [1.82, 2.24) is 4.90 Å². The standard InChI is InChI=1S/C20H23NO3/c22-20(23)17-10-12-21(13-11-17)14-15-24-19-9-5-4-8-18(19)16-6-2-1-3-7-16/h1-9,17H,10-15H2,(H,22,23). The molecule has 0 amide bonds. The molecule has 1 aliphatic heterocycles. The van der Waals surface area contributed by atoms with Crippen molar-refractivity contribution < 1.29 is 14.6 Å². The first-order valence-electron chi connectivity index (χ1n) is 8.46. The lowest BCUT2D eigenvalue weighted by Crippen LogP contribution is -2.38. The number of carbonyl (C=O) groups is 1. The number of nitrogens with zero attached hydrogens (tertiary/aromatic N) is 1. The van der Waals surface area contributed by atoms with E-state index in [0.717, 1.165) is 49.4 Å². The van der Waals surface area contributed by atoms with Crippen LogP contribution in [0.1, 0.15) is 12.8 Å². The number of aliphatic carboxylic acids is 1. The van der Waals surface area contributed by atoms with E-state index in [4.69, 9.17) is 9.84 Å². The molecular formula is C20H23NO3. The molecule has 1 N–H and O–H groups in total. The predicted molar refractivity (Wildman–Crippen MR) is 94.2 cm³/mol. The molecule has 0 aromatic heterocycles. The average Bonchev–Trinajstić information content (AvgIpc) is 2.63. The number of ether oxygens (including phenoxy) is 1. The summed E-state index contributed by atoms with van der Waals surface area (Å²) in [6.07, 6.45) is 1.46. The molecule has 4 heteroatoms. The smallest absolute Gasteiger partial charge is 0.306 e. The fourth-order valence-electron chi connectivity index (χ4n) is 3.14. The normalized spacial score (nSPS) is 16.0. The monoisotopic (exact) mass is 325 g/mol. The number of likely N-dealkylation sites (tertiary alicyclic amines) is 1. The maximum atomic E-state index is 11.0. The molecule has 0 saturated carbocycles. The summed E-state index contributed by atoms with van der Waals surface area (Å²) < 4.78 is 6.01. The Labute approximate surface area is 142 Å². The van der Waals surface area contributed by atoms with E-state index in [2.05, 4.69) is 23.1 Å². The zero-order valence-corrected chi connectivity index (χ0v) is 13.7. The van der Waals surface area contributed by atoms with Gasteiger partial charge in [-0.15, -0.1) is 0 Å². The Balaban J connectivity index is 1.54. The summed E-state index contributed by atoms with van der Waals surface area (Å²) in [6.45, 7) is 3.11. The number of para-hydroxylation sites is 1. The van der Waals surface area contributed by atoms with Gasteiger partial charge in [-0.3, -0.25) is 9.69 Å². The van der Waals surface area contributed by atoms with Gasteiger partial charge in [0.1, 0.15) is 12.4 Å². The Morgan fingerprint density at radius 1 is 1.04 bits per heavy atom. The topological polar surface area (TPSA) is 49.8 Å². The molecule has 0 aliphatic carbocycles. The van der Waals surface area contributed by atoms with Crippen molar-refractivity contribution in [2.24, 2.45) is 5.92 Å². The third kappa shape index (κ3) is 4.15. The van der Waals surface area contributed by atoms with E-state index in [0.29, 0.717) is 6.61 Å². The quantitative estimate of drug-likeness (QED) is 0.883. The Hall–Kier alpha value is -2.33. The minimum absolute atomic E-state index is 0.180. The molecule has 1 fully saturated rings. The van der Waals surface area contributed by atoms with Gasteiger partial charge in [0.15, 0.2) is 0 Å². The first kappa shape index (κ1) is 16.5. The molecule has 1 aliphatic rings. The molecule has 2 aromatic rings. The molecule has 3 rings (SSSR count). The molecule has 4 nitrogen and oxygen atoms in total. The maximum absolute atomic E-state index is 11.0. The Morgan fingerprint density at radius 3 is 2.42 bits per heavy atom. The van der Waals surface area contributed by atoms with Crippen LogP contribution in [0.3, 0.4) is 0 Å². The van der Waals surface area contributed by atoms with Gasteiger partial charge in [0.05, 0.1) is 5.92 Å². The molecule has 0 spiro atoms. The molecule has 0 bridgehead atoms. The molecular weight excluding hydrogens is 302 g/mol. The van der Waals surface area contributed by atoms with Gasteiger partial charge < -0.3 is 9.84 Å². The van der Waals surface area contributed by atoms with E-state index < -0.39 is 5.97 Å². The summed E-state index contributed by atoms with van der Waals surface area (Å²) in [4.78, 5) is 13.3. The van der Waals surface area contributed by atoms with Crippen LogP contribution in [-0.4, -0.2) is 42.2 Å². The fraction of sp³-hybridized carbons (Fsp3) is 0.350. The Morgan fingerprint density at radius 2 is 1.71 bits per heavy atom. The number of piperidine rings is 1. The summed E-state index contributed by atoms with van der Waals surface area (Å²) in [5, 5.41) is 9.04. The Kier molecular flexibility index (Phi) is 5.49. The number of carboxylic acids is 1. The predicted octanol–water partition coefficient (Wildman–Crippen LogP) is 3.53. The van der Waals surface area contributed by atoms with Crippen molar-refractivity contribution in [1.29, 1.82) is 0 Å². The first-order valence-corrected chi connectivity index (χ1v) is 8.46. The van der Waals surface area contributed by atoms with E-state index >= 15 is 0 Å². The van der Waals surface area contributed by atoms with Gasteiger partial charge in [-0.2, -0.15) is 0 Å². The maximum Gasteiger partial charge on any atom is 0.306 e. The van der Waals surface area contributed by atoms with Crippen LogP contribution < -0.4 is 4.74 Å². The summed E-state index contributed by atoms with van der Waals surface area (Å²) in [5.41, 5.74) is 2.25. The Bertz CT molecular complexity index is 664. The molecule has 1 heterocycles. The van der Waals surface area contributed by atoms with Gasteiger partial charge in [0, 0.05) is 12.1 Å². The summed E-state index contributed by atoms with van der Waals surface area (Å²) in [7, 11) is 0. The molecule has 0 atom stereocenters. The van der Waals surface area contributed by atoms with Crippen molar-refractivity contribution in [2.75, 3.05) is 26.2 Å². The highest BCUT2D eigenvalue weighted by Gasteiger charge is 2.24. The zero-order valence-electron chi connectivity index (χ0n) is 13.7. The first-order chi connectivity index (χ1) is 11.7. The van der Waals surface area contributed by atoms with Gasteiger partial charge in [0.25, 0.3) is 0 Å². The lowest BCUT2D eigenvalue weighted by atomic mass is 9.97. The largest absolute Gasteiger partial charge is 0.492 e. The number of hydrogen-bond acceptors (Lipinski definition) is 3. The van der Waals surface area contributed by atoms with Crippen LogP contribution in [0.4, 0.5) is 0 Å². The zero-order chi connectivity index (χ0) is 16.8. The van der Waals surface area contributed by atoms with Gasteiger partial charge in [-0.1, -0.05) is 48.5 Å². The minimum Gasteiger partial charge on any atom is -0.492 e. The fourth-order valence-corrected chi connectivity index (χ4v) is 3.14. The highest BCUT2D eigenvalue weighted by Crippen LogP contribution is 2.29. The molecule has 0 unspecified atom stereocenters. The molecule has 24 heavy (non-hydrogen) atoms. The summed E-state index contributed by atoms with van der Waals surface area (Å²) in [6, 6.07) is 18.3. The molecule has 0 radical (unpaired) electrons. The lowest BCUT2D eigenvalue weighted by Gasteiger charge is -2.29. The van der Waals surface area contributed by atoms with E-state index in [-0.39, 0.29) is 5.92 Å². The third-order valence-corrected chi connectivity index (χ3v) is 4.57. The van der Waals surface area contributed by atoms with Gasteiger partial charge >= 0.3 is 5.97 Å². The van der Waals surface area contributed by atoms with Crippen molar-refractivity contribution in [2.45, 2.75) is 12.8 Å². The minimum atomic E-state index is -0.664. The van der Waals surface area contributed by atoms with Gasteiger partial charge in [-0.05, 0) is 37.6 Å². The van der Waals surface area contributed by atoms with E-state index in [9.17, 15) is 4.79 Å². The number of benzene rings is 2. The van der Waals surface area contributed by atoms with Crippen molar-refractivity contribution in [3.63, 3.8) is 0 Å². The van der Waals surface area contributed by atoms with Gasteiger partial charge in [0.2, 0.25) is 0 Å². The highest BCUT2D eigenvalue weighted by molar-refractivity contribution is 5.70. The molecule has 126 valence electrons. The van der Waals surface area contributed by atoms with Gasteiger partial charge in [-0.25, -0.2) is 0 Å². The number of rotatable bonds is 6. The number of hydrogen-bond donors (Lipinski definition) is 1. The van der Waals surface area contributed by atoms with Crippen molar-refractivity contribution in [3.8, 4) is 16.9 Å². The summed E-state index contributed by atoms with van der Waals surface area (Å²) >= 11 is 0. The van der Waals surface area contributed by atoms with Crippen LogP contribution in [0.25, 0.3) is 11.1 Å². The van der Waals surface area contributed by atoms with Crippen LogP contribution in [0.5, 0.6) is 5.75 Å². The van der Waals surface area contributed by atoms with Crippen LogP contribution in [-0.2, 0) is 4.79 Å². The second kappa shape index (κ2) is 7.97. The van der Waals surface area contributed by atoms with Crippen LogP contribution in [0.15, 0.2) is 54.6 Å². The molecule has 1 saturated heterocycles. The SMILES string of the molecule is O=C(O)C1CCN(CCOc2ccccc2-c2ccccc2)CC1. The molecule has 2 aromatic carbocycles. The van der Waals surface area contributed by atoms with Crippen LogP contribution in [0, 0.1) is 5.92 Å². The van der Waals surface area contributed by atoms with Crippen molar-refractivity contribution >= 4 is 5.97 Å². The van der Waals surface area contributed by atoms with Crippen molar-refractivity contribution in [3.05, 3.63) is 54.6 Å². The number of carboxylic acid groups (broad SMARTS) is 1. The lowest BCUT2D eigenvalue weighted by molar-refractivity contribution is -0.143.